The van der Waals surface area contributed by atoms with Crippen molar-refractivity contribution in [3.05, 3.63) is 24.0 Å². The smallest absolute Gasteiger partial charge is 0.236 e. The Morgan fingerprint density at radius 1 is 1.42 bits per heavy atom. The Bertz CT molecular complexity index is 406. The van der Waals surface area contributed by atoms with Crippen LogP contribution in [-0.4, -0.2) is 47.4 Å². The molecule has 106 valence electrons. The van der Waals surface area contributed by atoms with E-state index in [2.05, 4.69) is 10.4 Å². The predicted octanol–water partition coefficient (Wildman–Crippen LogP) is 0.667. The predicted molar refractivity (Wildman–Crippen MR) is 76.3 cm³/mol. The first-order valence-electron chi connectivity index (χ1n) is 6.48. The molecule has 0 atom stereocenters. The number of nitrogens with zero attached hydrogens (tertiary/aromatic N) is 3. The molecule has 0 bridgehead atoms. The molecule has 1 amide bonds. The van der Waals surface area contributed by atoms with Gasteiger partial charge < -0.3 is 10.3 Å². The molecule has 1 heterocycles. The highest BCUT2D eigenvalue weighted by Gasteiger charge is 2.12. The van der Waals surface area contributed by atoms with Crippen LogP contribution in [0.3, 0.4) is 0 Å². The van der Waals surface area contributed by atoms with Crippen LogP contribution in [0, 0.1) is 0 Å². The Labute approximate surface area is 114 Å². The summed E-state index contributed by atoms with van der Waals surface area (Å²) in [5, 5.41) is 0. The number of carbonyl (C=O) groups excluding carboxylic acids is 1. The van der Waals surface area contributed by atoms with Gasteiger partial charge in [0.25, 0.3) is 0 Å². The minimum absolute atomic E-state index is 0.139. The molecule has 6 heteroatoms. The highest BCUT2D eigenvalue weighted by molar-refractivity contribution is 5.78. The summed E-state index contributed by atoms with van der Waals surface area (Å²) in [5.41, 5.74) is 4.28. The maximum absolute atomic E-state index is 12.0. The van der Waals surface area contributed by atoms with Gasteiger partial charge in [-0.2, -0.15) is 0 Å². The monoisotopic (exact) mass is 265 g/mol. The zero-order chi connectivity index (χ0) is 14.3. The number of rotatable bonds is 7. The standard InChI is InChI=1S/C13H23N5O/c1-4-18(5-2)13(19)10-17(3)9-12-8-11(16-14)6-7-15-12/h6-8H,4-5,9-10,14H2,1-3H3,(H,15,16). The van der Waals surface area contributed by atoms with Crippen LogP contribution in [-0.2, 0) is 11.3 Å². The third-order valence-corrected chi connectivity index (χ3v) is 2.94. The average Bonchev–Trinajstić information content (AvgIpc) is 2.40. The van der Waals surface area contributed by atoms with Crippen LogP contribution >= 0.6 is 0 Å². The van der Waals surface area contributed by atoms with Crippen LogP contribution in [0.1, 0.15) is 19.5 Å². The van der Waals surface area contributed by atoms with Gasteiger partial charge in [0.1, 0.15) is 0 Å². The number of pyridine rings is 1. The molecule has 0 aliphatic carbocycles. The molecule has 0 unspecified atom stereocenters. The number of likely N-dealkylation sites (N-methyl/N-ethyl adjacent to an activating group) is 2. The van der Waals surface area contributed by atoms with E-state index >= 15 is 0 Å². The average molecular weight is 265 g/mol. The normalized spacial score (nSPS) is 10.6. The lowest BCUT2D eigenvalue weighted by molar-refractivity contribution is -0.131. The molecule has 0 aliphatic heterocycles. The second-order valence-electron chi connectivity index (χ2n) is 4.42. The molecule has 1 aromatic heterocycles. The maximum Gasteiger partial charge on any atom is 0.236 e. The second-order valence-corrected chi connectivity index (χ2v) is 4.42. The number of hydrogen-bond donors (Lipinski definition) is 2. The van der Waals surface area contributed by atoms with Gasteiger partial charge in [-0.05, 0) is 33.0 Å². The molecule has 1 rings (SSSR count). The van der Waals surface area contributed by atoms with E-state index in [1.165, 1.54) is 0 Å². The van der Waals surface area contributed by atoms with E-state index in [9.17, 15) is 4.79 Å². The fraction of sp³-hybridized carbons (Fsp3) is 0.538. The topological polar surface area (TPSA) is 74.5 Å². The fourth-order valence-corrected chi connectivity index (χ4v) is 1.89. The number of nitrogens with two attached hydrogens (primary N) is 1. The summed E-state index contributed by atoms with van der Waals surface area (Å²) >= 11 is 0. The summed E-state index contributed by atoms with van der Waals surface area (Å²) < 4.78 is 0. The molecule has 0 fully saturated rings. The lowest BCUT2D eigenvalue weighted by Crippen LogP contribution is -2.38. The highest BCUT2D eigenvalue weighted by Crippen LogP contribution is 2.08. The first-order valence-corrected chi connectivity index (χ1v) is 6.48. The molecular formula is C13H23N5O. The Balaban J connectivity index is 2.54. The van der Waals surface area contributed by atoms with Gasteiger partial charge in [-0.1, -0.05) is 0 Å². The summed E-state index contributed by atoms with van der Waals surface area (Å²) in [6, 6.07) is 3.67. The Kier molecular flexibility index (Phi) is 6.24. The summed E-state index contributed by atoms with van der Waals surface area (Å²) in [6.45, 7) is 6.47. The van der Waals surface area contributed by atoms with E-state index in [1.807, 2.05) is 36.8 Å². The minimum Gasteiger partial charge on any atom is -0.342 e. The van der Waals surface area contributed by atoms with Crippen LogP contribution in [0.25, 0.3) is 0 Å². The number of anilines is 1. The Hall–Kier alpha value is -1.66. The van der Waals surface area contributed by atoms with Crippen molar-refractivity contribution in [2.24, 2.45) is 5.84 Å². The zero-order valence-electron chi connectivity index (χ0n) is 11.9. The SMILES string of the molecule is CCN(CC)C(=O)CN(C)Cc1cc(NN)ccn1. The van der Waals surface area contributed by atoms with Crippen LogP contribution < -0.4 is 11.3 Å². The molecule has 0 aromatic carbocycles. The molecule has 0 aliphatic rings. The van der Waals surface area contributed by atoms with Gasteiger partial charge in [0.05, 0.1) is 17.9 Å². The van der Waals surface area contributed by atoms with Crippen LogP contribution in [0.5, 0.6) is 0 Å². The quantitative estimate of drug-likeness (QED) is 0.560. The lowest BCUT2D eigenvalue weighted by Gasteiger charge is -2.22. The van der Waals surface area contributed by atoms with Gasteiger partial charge in [-0.3, -0.25) is 20.5 Å². The Morgan fingerprint density at radius 2 is 2.11 bits per heavy atom. The van der Waals surface area contributed by atoms with Crippen LogP contribution in [0.15, 0.2) is 18.3 Å². The van der Waals surface area contributed by atoms with Crippen molar-refractivity contribution in [1.29, 1.82) is 0 Å². The maximum atomic E-state index is 12.0. The molecule has 0 saturated carbocycles. The lowest BCUT2D eigenvalue weighted by atomic mass is 10.3. The third-order valence-electron chi connectivity index (χ3n) is 2.94. The number of nitrogen functional groups attached to an aromatic ring is 1. The van der Waals surface area contributed by atoms with Crippen molar-refractivity contribution >= 4 is 11.6 Å². The number of hydrogen-bond acceptors (Lipinski definition) is 5. The molecule has 0 spiro atoms. The molecule has 1 aromatic rings. The zero-order valence-corrected chi connectivity index (χ0v) is 11.9. The van der Waals surface area contributed by atoms with E-state index in [-0.39, 0.29) is 5.91 Å². The van der Waals surface area contributed by atoms with Crippen molar-refractivity contribution in [3.8, 4) is 0 Å². The van der Waals surface area contributed by atoms with Gasteiger partial charge >= 0.3 is 0 Å². The first-order chi connectivity index (χ1) is 9.10. The largest absolute Gasteiger partial charge is 0.342 e. The van der Waals surface area contributed by atoms with Gasteiger partial charge in [-0.25, -0.2) is 0 Å². The van der Waals surface area contributed by atoms with Crippen LogP contribution in [0.2, 0.25) is 0 Å². The van der Waals surface area contributed by atoms with E-state index in [4.69, 9.17) is 5.84 Å². The van der Waals surface area contributed by atoms with Crippen molar-refractivity contribution < 1.29 is 4.79 Å². The third kappa shape index (κ3) is 4.84. The molecule has 6 nitrogen and oxygen atoms in total. The van der Waals surface area contributed by atoms with Crippen molar-refractivity contribution in [3.63, 3.8) is 0 Å². The molecule has 19 heavy (non-hydrogen) atoms. The molecule has 3 N–H and O–H groups in total. The van der Waals surface area contributed by atoms with Crippen molar-refractivity contribution in [1.82, 2.24) is 14.8 Å². The highest BCUT2D eigenvalue weighted by atomic mass is 16.2. The van der Waals surface area contributed by atoms with Crippen LogP contribution in [0.4, 0.5) is 5.69 Å². The van der Waals surface area contributed by atoms with Gasteiger partial charge in [0.15, 0.2) is 0 Å². The fourth-order valence-electron chi connectivity index (χ4n) is 1.89. The van der Waals surface area contributed by atoms with Gasteiger partial charge in [0.2, 0.25) is 5.91 Å². The van der Waals surface area contributed by atoms with E-state index in [0.29, 0.717) is 13.1 Å². The van der Waals surface area contributed by atoms with Gasteiger partial charge in [-0.15, -0.1) is 0 Å². The number of carbonyl (C=O) groups is 1. The molecule has 0 radical (unpaired) electrons. The second kappa shape index (κ2) is 7.70. The van der Waals surface area contributed by atoms with Gasteiger partial charge in [0, 0.05) is 25.8 Å². The van der Waals surface area contributed by atoms with E-state index in [0.717, 1.165) is 24.5 Å². The summed E-state index contributed by atoms with van der Waals surface area (Å²) in [5.74, 6) is 5.49. The van der Waals surface area contributed by atoms with Crippen molar-refractivity contribution in [2.75, 3.05) is 32.1 Å². The van der Waals surface area contributed by atoms with E-state index in [1.54, 1.807) is 12.3 Å². The molecule has 0 saturated heterocycles. The number of nitrogens with one attached hydrogen (secondary N) is 1. The number of aromatic nitrogens is 1. The molecular weight excluding hydrogens is 242 g/mol. The summed E-state index contributed by atoms with van der Waals surface area (Å²) in [4.78, 5) is 20.0. The minimum atomic E-state index is 0.139. The number of amides is 1. The van der Waals surface area contributed by atoms with Crippen molar-refractivity contribution in [2.45, 2.75) is 20.4 Å². The Morgan fingerprint density at radius 3 is 2.68 bits per heavy atom. The number of hydrazine groups is 1. The summed E-state index contributed by atoms with van der Waals surface area (Å²) in [6.07, 6.45) is 1.70. The summed E-state index contributed by atoms with van der Waals surface area (Å²) in [7, 11) is 1.91. The first kappa shape index (κ1) is 15.4. The van der Waals surface area contributed by atoms with E-state index < -0.39 is 0 Å².